The molecule has 3 aromatic rings. The number of carboxylic acids is 1. The van der Waals surface area contributed by atoms with E-state index in [0.29, 0.717) is 29.3 Å². The number of hydrogen-bond acceptors (Lipinski definition) is 3. The number of carboxylic acid groups (broad SMARTS) is 1. The number of halogens is 1. The average Bonchev–Trinajstić information content (AvgIpc) is 3.71. The maximum Gasteiger partial charge on any atom is 0.436 e. The van der Waals surface area contributed by atoms with Crippen LogP contribution in [0.1, 0.15) is 43.9 Å². The SMILES string of the molecule is C/C=C\C(=NC(=O)OC(C)c1ccccc1Cl)N(C)c1ccc(-c2ccc(C3(C(=O)O)CC3)cc2)cc1. The lowest BCUT2D eigenvalue weighted by molar-refractivity contribution is -0.140. The molecule has 37 heavy (non-hydrogen) atoms. The van der Waals surface area contributed by atoms with Gasteiger partial charge >= 0.3 is 12.1 Å². The van der Waals surface area contributed by atoms with E-state index < -0.39 is 23.6 Å². The van der Waals surface area contributed by atoms with Gasteiger partial charge in [-0.1, -0.05) is 72.3 Å². The standard InChI is InChI=1S/C30H29ClN2O4/c1-4-7-27(32-29(36)37-20(2)25-8-5-6-9-26(25)31)33(3)24-16-12-22(13-17-24)21-10-14-23(15-11-21)30(18-19-30)28(34)35/h4-17,20H,18-19H2,1-3H3,(H,34,35)/b7-4-,32-27?. The minimum absolute atomic E-state index is 0.430. The van der Waals surface area contributed by atoms with Crippen molar-refractivity contribution in [1.82, 2.24) is 0 Å². The van der Waals surface area contributed by atoms with Crippen LogP contribution in [-0.4, -0.2) is 30.1 Å². The first-order valence-corrected chi connectivity index (χ1v) is 12.5. The molecule has 1 N–H and O–H groups in total. The molecule has 0 spiro atoms. The number of allylic oxidation sites excluding steroid dienone is 1. The molecule has 4 rings (SSSR count). The lowest BCUT2D eigenvalue weighted by Crippen LogP contribution is -2.26. The van der Waals surface area contributed by atoms with Gasteiger partial charge < -0.3 is 14.7 Å². The van der Waals surface area contributed by atoms with Crippen molar-refractivity contribution in [1.29, 1.82) is 0 Å². The Bertz CT molecular complexity index is 1340. The van der Waals surface area contributed by atoms with Gasteiger partial charge in [-0.05, 0) is 67.7 Å². The number of likely N-dealkylation sites (N-methyl/N-ethyl adjacent to an activating group) is 1. The number of benzene rings is 3. The first-order valence-electron chi connectivity index (χ1n) is 12.1. The van der Waals surface area contributed by atoms with Gasteiger partial charge in [-0.25, -0.2) is 4.79 Å². The highest BCUT2D eigenvalue weighted by atomic mass is 35.5. The summed E-state index contributed by atoms with van der Waals surface area (Å²) in [6, 6.07) is 22.8. The summed E-state index contributed by atoms with van der Waals surface area (Å²) in [5, 5.41) is 10.0. The number of hydrogen-bond donors (Lipinski definition) is 1. The first kappa shape index (κ1) is 26.2. The van der Waals surface area contributed by atoms with Gasteiger partial charge in [0.2, 0.25) is 0 Å². The Morgan fingerprint density at radius 1 is 1.03 bits per heavy atom. The smallest absolute Gasteiger partial charge is 0.436 e. The Balaban J connectivity index is 1.47. The summed E-state index contributed by atoms with van der Waals surface area (Å²) in [5.41, 5.74) is 3.70. The topological polar surface area (TPSA) is 79.2 Å². The second-order valence-corrected chi connectivity index (χ2v) is 9.50. The molecule has 0 aliphatic heterocycles. The Kier molecular flexibility index (Phi) is 7.79. The van der Waals surface area contributed by atoms with Crippen LogP contribution in [0.2, 0.25) is 5.02 Å². The number of rotatable bonds is 7. The van der Waals surface area contributed by atoms with Crippen LogP contribution in [0.3, 0.4) is 0 Å². The van der Waals surface area contributed by atoms with Crippen LogP contribution in [0, 0.1) is 0 Å². The van der Waals surface area contributed by atoms with Crippen molar-refractivity contribution in [2.24, 2.45) is 4.99 Å². The molecule has 0 heterocycles. The maximum absolute atomic E-state index is 12.6. The zero-order chi connectivity index (χ0) is 26.6. The number of amidine groups is 1. The van der Waals surface area contributed by atoms with Crippen LogP contribution >= 0.6 is 11.6 Å². The molecular formula is C30H29ClN2O4. The highest BCUT2D eigenvalue weighted by molar-refractivity contribution is 6.31. The molecular weight excluding hydrogens is 488 g/mol. The van der Waals surface area contributed by atoms with Gasteiger partial charge in [0.05, 0.1) is 5.41 Å². The van der Waals surface area contributed by atoms with Crippen molar-refractivity contribution in [3.8, 4) is 11.1 Å². The fourth-order valence-corrected chi connectivity index (χ4v) is 4.54. The first-order chi connectivity index (χ1) is 17.7. The summed E-state index contributed by atoms with van der Waals surface area (Å²) in [5.74, 6) is -0.326. The Hall–Kier alpha value is -3.90. The molecule has 0 radical (unpaired) electrons. The highest BCUT2D eigenvalue weighted by Crippen LogP contribution is 2.48. The van der Waals surface area contributed by atoms with Crippen LogP contribution in [0.4, 0.5) is 10.5 Å². The van der Waals surface area contributed by atoms with E-state index in [-0.39, 0.29) is 0 Å². The second kappa shape index (κ2) is 11.0. The molecule has 0 saturated heterocycles. The van der Waals surface area contributed by atoms with E-state index in [1.54, 1.807) is 30.0 Å². The van der Waals surface area contributed by atoms with Gasteiger partial charge in [0, 0.05) is 23.3 Å². The third-order valence-corrected chi connectivity index (χ3v) is 7.02. The summed E-state index contributed by atoms with van der Waals surface area (Å²) in [7, 11) is 1.83. The molecule has 3 aromatic carbocycles. The van der Waals surface area contributed by atoms with E-state index in [1.807, 2.05) is 80.7 Å². The summed E-state index contributed by atoms with van der Waals surface area (Å²) in [4.78, 5) is 30.2. The predicted octanol–water partition coefficient (Wildman–Crippen LogP) is 7.43. The lowest BCUT2D eigenvalue weighted by atomic mass is 9.94. The molecule has 6 nitrogen and oxygen atoms in total. The van der Waals surface area contributed by atoms with E-state index in [9.17, 15) is 14.7 Å². The molecule has 190 valence electrons. The third kappa shape index (κ3) is 5.75. The average molecular weight is 517 g/mol. The Morgan fingerprint density at radius 3 is 2.16 bits per heavy atom. The van der Waals surface area contributed by atoms with Crippen LogP contribution in [0.5, 0.6) is 0 Å². The lowest BCUT2D eigenvalue weighted by Gasteiger charge is -2.20. The van der Waals surface area contributed by atoms with E-state index in [2.05, 4.69) is 4.99 Å². The number of aliphatic imine (C=N–C) groups is 1. The van der Waals surface area contributed by atoms with Crippen molar-refractivity contribution in [2.75, 3.05) is 11.9 Å². The van der Waals surface area contributed by atoms with Gasteiger partial charge in [0.1, 0.15) is 11.9 Å². The largest absolute Gasteiger partial charge is 0.481 e. The van der Waals surface area contributed by atoms with E-state index >= 15 is 0 Å². The fourth-order valence-electron chi connectivity index (χ4n) is 4.26. The normalized spacial score (nSPS) is 15.3. The maximum atomic E-state index is 12.6. The summed E-state index contributed by atoms with van der Waals surface area (Å²) in [6.07, 6.45) is 3.66. The van der Waals surface area contributed by atoms with Crippen LogP contribution < -0.4 is 4.90 Å². The number of ether oxygens (including phenoxy) is 1. The number of carbonyl (C=O) groups is 2. The van der Waals surface area contributed by atoms with E-state index in [1.165, 1.54) is 0 Å². The van der Waals surface area contributed by atoms with Crippen molar-refractivity contribution in [3.63, 3.8) is 0 Å². The van der Waals surface area contributed by atoms with Crippen LogP contribution in [0.15, 0.2) is 89.9 Å². The van der Waals surface area contributed by atoms with Gasteiger partial charge in [-0.2, -0.15) is 4.99 Å². The summed E-state index contributed by atoms with van der Waals surface area (Å²) >= 11 is 6.22. The van der Waals surface area contributed by atoms with Crippen molar-refractivity contribution >= 4 is 35.2 Å². The molecule has 1 saturated carbocycles. The van der Waals surface area contributed by atoms with Crippen molar-refractivity contribution < 1.29 is 19.4 Å². The molecule has 1 aliphatic carbocycles. The highest BCUT2D eigenvalue weighted by Gasteiger charge is 2.51. The van der Waals surface area contributed by atoms with Crippen LogP contribution in [0.25, 0.3) is 11.1 Å². The molecule has 1 aliphatic rings. The molecule has 0 aromatic heterocycles. The minimum Gasteiger partial charge on any atom is -0.481 e. The minimum atomic E-state index is -0.756. The molecule has 1 atom stereocenters. The fraction of sp³-hybridized carbons (Fsp3) is 0.233. The quantitative estimate of drug-likeness (QED) is 0.261. The molecule has 0 bridgehead atoms. The van der Waals surface area contributed by atoms with Crippen molar-refractivity contribution in [2.45, 2.75) is 38.2 Å². The Labute approximate surface area is 221 Å². The van der Waals surface area contributed by atoms with E-state index in [0.717, 1.165) is 22.4 Å². The van der Waals surface area contributed by atoms with Gasteiger partial charge in [0.15, 0.2) is 0 Å². The Morgan fingerprint density at radius 2 is 1.62 bits per heavy atom. The van der Waals surface area contributed by atoms with E-state index in [4.69, 9.17) is 16.3 Å². The number of nitrogens with zero attached hydrogens (tertiary/aromatic N) is 2. The predicted molar refractivity (Wildman–Crippen MR) is 147 cm³/mol. The number of aliphatic carboxylic acids is 1. The second-order valence-electron chi connectivity index (χ2n) is 9.09. The van der Waals surface area contributed by atoms with Crippen molar-refractivity contribution in [3.05, 3.63) is 101 Å². The number of amides is 1. The van der Waals surface area contributed by atoms with Gasteiger partial charge in [-0.3, -0.25) is 4.79 Å². The third-order valence-electron chi connectivity index (χ3n) is 6.67. The zero-order valence-corrected chi connectivity index (χ0v) is 21.8. The molecule has 7 heteroatoms. The summed E-state index contributed by atoms with van der Waals surface area (Å²) < 4.78 is 5.50. The molecule has 1 amide bonds. The monoisotopic (exact) mass is 516 g/mol. The zero-order valence-electron chi connectivity index (χ0n) is 21.0. The number of carbonyl (C=O) groups excluding carboxylic acids is 1. The summed E-state index contributed by atoms with van der Waals surface area (Å²) in [6.45, 7) is 3.61. The molecule has 1 fully saturated rings. The van der Waals surface area contributed by atoms with Crippen LogP contribution in [-0.2, 0) is 14.9 Å². The number of anilines is 1. The van der Waals surface area contributed by atoms with Gasteiger partial charge in [0.25, 0.3) is 0 Å². The molecule has 1 unspecified atom stereocenters. The van der Waals surface area contributed by atoms with Gasteiger partial charge in [-0.15, -0.1) is 0 Å².